The van der Waals surface area contributed by atoms with Gasteiger partial charge < -0.3 is 9.15 Å². The lowest BCUT2D eigenvalue weighted by Gasteiger charge is -2.06. The summed E-state index contributed by atoms with van der Waals surface area (Å²) in [4.78, 5) is 0. The molecule has 0 N–H and O–H groups in total. The molecule has 0 fully saturated rings. The number of aryl methyl sites for hydroxylation is 1. The Labute approximate surface area is 130 Å². The summed E-state index contributed by atoms with van der Waals surface area (Å²) in [6, 6.07) is 7.65. The summed E-state index contributed by atoms with van der Waals surface area (Å²) in [5.74, 6) is 0.988. The Hall–Kier alpha value is -1.54. The number of hydrogen-bond donors (Lipinski definition) is 0. The van der Waals surface area contributed by atoms with Crippen molar-refractivity contribution in [2.24, 2.45) is 0 Å². The van der Waals surface area contributed by atoms with E-state index >= 15 is 0 Å². The molecule has 22 heavy (non-hydrogen) atoms. The van der Waals surface area contributed by atoms with E-state index in [-0.39, 0.29) is 6.61 Å². The van der Waals surface area contributed by atoms with E-state index in [0.29, 0.717) is 23.3 Å². The minimum atomic E-state index is -4.28. The smallest absolute Gasteiger partial charge is 0.411 e. The van der Waals surface area contributed by atoms with Gasteiger partial charge in [0.2, 0.25) is 5.89 Å². The first-order valence-corrected chi connectivity index (χ1v) is 7.61. The van der Waals surface area contributed by atoms with E-state index in [0.717, 1.165) is 11.1 Å². The minimum absolute atomic E-state index is 0.0469. The second-order valence-corrected chi connectivity index (χ2v) is 5.60. The molecule has 0 amide bonds. The zero-order chi connectivity index (χ0) is 16.0. The molecule has 0 aliphatic heterocycles. The molecule has 8 heteroatoms. The summed E-state index contributed by atoms with van der Waals surface area (Å²) in [5.41, 5.74) is 1.90. The van der Waals surface area contributed by atoms with Crippen molar-refractivity contribution in [1.29, 1.82) is 0 Å². The van der Waals surface area contributed by atoms with Crippen molar-refractivity contribution in [3.05, 3.63) is 29.8 Å². The fraction of sp³-hybridized carbons (Fsp3) is 0.429. The van der Waals surface area contributed by atoms with Gasteiger partial charge >= 0.3 is 6.18 Å². The monoisotopic (exact) mass is 332 g/mol. The molecule has 0 radical (unpaired) electrons. The lowest BCUT2D eigenvalue weighted by molar-refractivity contribution is -0.173. The molecule has 0 unspecified atom stereocenters. The lowest BCUT2D eigenvalue weighted by Crippen LogP contribution is -2.17. The summed E-state index contributed by atoms with van der Waals surface area (Å²) in [6.45, 7) is 0.783. The van der Waals surface area contributed by atoms with Crippen molar-refractivity contribution in [3.63, 3.8) is 0 Å². The molecule has 2 rings (SSSR count). The molecule has 4 nitrogen and oxygen atoms in total. The van der Waals surface area contributed by atoms with Gasteiger partial charge in [0, 0.05) is 17.9 Å². The van der Waals surface area contributed by atoms with E-state index in [2.05, 4.69) is 14.9 Å². The van der Waals surface area contributed by atoms with E-state index < -0.39 is 12.8 Å². The van der Waals surface area contributed by atoms with Crippen LogP contribution in [0.3, 0.4) is 0 Å². The molecule has 0 bridgehead atoms. The molecule has 0 saturated heterocycles. The normalized spacial score (nSPS) is 11.8. The highest BCUT2D eigenvalue weighted by atomic mass is 32.2. The highest BCUT2D eigenvalue weighted by Crippen LogP contribution is 2.25. The largest absolute Gasteiger partial charge is 0.411 e. The highest BCUT2D eigenvalue weighted by molar-refractivity contribution is 7.99. The Bertz CT molecular complexity index is 602. The third kappa shape index (κ3) is 5.34. The fourth-order valence-corrected chi connectivity index (χ4v) is 2.37. The molecule has 1 aromatic heterocycles. The number of hydrogen-bond acceptors (Lipinski definition) is 5. The summed E-state index contributed by atoms with van der Waals surface area (Å²) < 4.78 is 45.6. The number of nitrogens with zero attached hydrogens (tertiary/aromatic N) is 2. The first-order valence-electron chi connectivity index (χ1n) is 6.62. The van der Waals surface area contributed by atoms with E-state index in [4.69, 9.17) is 4.42 Å². The number of ether oxygens (including phenoxy) is 1. The molecule has 0 aliphatic rings. The maximum Gasteiger partial charge on any atom is 0.411 e. The Morgan fingerprint density at radius 1 is 1.23 bits per heavy atom. The number of rotatable bonds is 7. The van der Waals surface area contributed by atoms with Crippen molar-refractivity contribution >= 4 is 11.8 Å². The molecule has 120 valence electrons. The minimum Gasteiger partial charge on any atom is -0.411 e. The Morgan fingerprint density at radius 2 is 2.00 bits per heavy atom. The number of aromatic nitrogens is 2. The lowest BCUT2D eigenvalue weighted by atomic mass is 10.1. The summed E-state index contributed by atoms with van der Waals surface area (Å²) >= 11 is 1.30. The van der Waals surface area contributed by atoms with Crippen LogP contribution in [0.5, 0.6) is 0 Å². The van der Waals surface area contributed by atoms with Crippen LogP contribution in [-0.2, 0) is 4.74 Å². The van der Waals surface area contributed by atoms with Crippen molar-refractivity contribution in [1.82, 2.24) is 10.2 Å². The Morgan fingerprint density at radius 3 is 2.73 bits per heavy atom. The van der Waals surface area contributed by atoms with Gasteiger partial charge in [-0.1, -0.05) is 30.0 Å². The van der Waals surface area contributed by atoms with Gasteiger partial charge in [-0.25, -0.2) is 0 Å². The number of alkyl halides is 3. The molecule has 0 spiro atoms. The van der Waals surface area contributed by atoms with Crippen LogP contribution in [0.4, 0.5) is 13.2 Å². The zero-order valence-electron chi connectivity index (χ0n) is 11.9. The van der Waals surface area contributed by atoms with Crippen LogP contribution in [-0.4, -0.2) is 35.3 Å². The van der Waals surface area contributed by atoms with Crippen molar-refractivity contribution in [2.45, 2.75) is 24.7 Å². The number of thioether (sulfide) groups is 1. The van der Waals surface area contributed by atoms with Gasteiger partial charge in [0.1, 0.15) is 6.61 Å². The molecule has 1 heterocycles. The number of benzene rings is 1. The van der Waals surface area contributed by atoms with Gasteiger partial charge in [-0.05, 0) is 25.0 Å². The third-order valence-corrected chi connectivity index (χ3v) is 3.61. The maximum atomic E-state index is 11.9. The molecule has 2 aromatic rings. The molecular weight excluding hydrogens is 317 g/mol. The third-order valence-electron chi connectivity index (χ3n) is 2.71. The van der Waals surface area contributed by atoms with Crippen LogP contribution in [0, 0.1) is 6.92 Å². The van der Waals surface area contributed by atoms with Crippen molar-refractivity contribution in [3.8, 4) is 11.5 Å². The molecule has 0 atom stereocenters. The predicted molar refractivity (Wildman–Crippen MR) is 76.7 cm³/mol. The van der Waals surface area contributed by atoms with Crippen LogP contribution >= 0.6 is 11.8 Å². The van der Waals surface area contributed by atoms with Gasteiger partial charge in [0.05, 0.1) is 0 Å². The molecular formula is C14H15F3N2O2S. The predicted octanol–water partition coefficient (Wildman–Crippen LogP) is 4.11. The van der Waals surface area contributed by atoms with E-state index in [1.807, 2.05) is 31.2 Å². The average Bonchev–Trinajstić information content (AvgIpc) is 2.90. The summed E-state index contributed by atoms with van der Waals surface area (Å²) in [6.07, 6.45) is -3.80. The van der Waals surface area contributed by atoms with E-state index in [1.54, 1.807) is 0 Å². The first-order chi connectivity index (χ1) is 10.5. The number of halogens is 3. The zero-order valence-corrected chi connectivity index (χ0v) is 12.7. The van der Waals surface area contributed by atoms with Crippen molar-refractivity contribution in [2.75, 3.05) is 19.0 Å². The standard InChI is InChI=1S/C14H15F3N2O2S/c1-10-5-2-3-6-11(10)12-18-19-13(21-12)22-8-4-7-20-9-14(15,16)17/h2-3,5-6H,4,7-9H2,1H3. The van der Waals surface area contributed by atoms with Crippen LogP contribution in [0.25, 0.3) is 11.5 Å². The second-order valence-electron chi connectivity index (χ2n) is 4.56. The summed E-state index contributed by atoms with van der Waals surface area (Å²) in [5, 5.41) is 8.29. The fourth-order valence-electron chi connectivity index (χ4n) is 1.70. The van der Waals surface area contributed by atoms with Crippen LogP contribution in [0.15, 0.2) is 33.9 Å². The summed E-state index contributed by atoms with van der Waals surface area (Å²) in [7, 11) is 0. The van der Waals surface area contributed by atoms with Gasteiger partial charge in [-0.3, -0.25) is 0 Å². The Balaban J connectivity index is 1.75. The quantitative estimate of drug-likeness (QED) is 0.564. The van der Waals surface area contributed by atoms with Gasteiger partial charge in [0.25, 0.3) is 5.22 Å². The molecule has 0 saturated carbocycles. The van der Waals surface area contributed by atoms with E-state index in [9.17, 15) is 13.2 Å². The SMILES string of the molecule is Cc1ccccc1-c1nnc(SCCCOCC(F)(F)F)o1. The average molecular weight is 332 g/mol. The van der Waals surface area contributed by atoms with Crippen LogP contribution in [0.1, 0.15) is 12.0 Å². The van der Waals surface area contributed by atoms with Gasteiger partial charge in [-0.2, -0.15) is 13.2 Å². The molecule has 1 aromatic carbocycles. The highest BCUT2D eigenvalue weighted by Gasteiger charge is 2.27. The molecule has 0 aliphatic carbocycles. The van der Waals surface area contributed by atoms with E-state index in [1.165, 1.54) is 11.8 Å². The maximum absolute atomic E-state index is 11.9. The Kier molecular flexibility index (Phi) is 5.84. The van der Waals surface area contributed by atoms with Crippen LogP contribution in [0.2, 0.25) is 0 Å². The first kappa shape index (κ1) is 16.8. The van der Waals surface area contributed by atoms with Crippen molar-refractivity contribution < 1.29 is 22.3 Å². The second kappa shape index (κ2) is 7.64. The topological polar surface area (TPSA) is 48.2 Å². The van der Waals surface area contributed by atoms with Gasteiger partial charge in [0.15, 0.2) is 0 Å². The van der Waals surface area contributed by atoms with Gasteiger partial charge in [-0.15, -0.1) is 10.2 Å². The van der Waals surface area contributed by atoms with Crippen LogP contribution < -0.4 is 0 Å².